The molecule has 2 unspecified atom stereocenters. The van der Waals surface area contributed by atoms with E-state index in [2.05, 4.69) is 15.5 Å². The Morgan fingerprint density at radius 1 is 1.30 bits per heavy atom. The maximum absolute atomic E-state index is 12.1. The first-order chi connectivity index (χ1) is 10.9. The van der Waals surface area contributed by atoms with Crippen molar-refractivity contribution in [2.75, 3.05) is 13.1 Å². The van der Waals surface area contributed by atoms with E-state index in [1.54, 1.807) is 11.8 Å². The Bertz CT molecular complexity index is 553. The van der Waals surface area contributed by atoms with Crippen LogP contribution in [0.5, 0.6) is 5.88 Å². The predicted octanol–water partition coefficient (Wildman–Crippen LogP) is -0.114. The van der Waals surface area contributed by atoms with Crippen molar-refractivity contribution in [1.82, 2.24) is 20.4 Å². The molecule has 126 valence electrons. The van der Waals surface area contributed by atoms with Gasteiger partial charge in [-0.05, 0) is 38.7 Å². The molecule has 2 atom stereocenters. The van der Waals surface area contributed by atoms with Crippen molar-refractivity contribution in [2.45, 2.75) is 38.8 Å². The van der Waals surface area contributed by atoms with Crippen LogP contribution in [-0.4, -0.2) is 57.2 Å². The molecule has 0 radical (unpaired) electrons. The summed E-state index contributed by atoms with van der Waals surface area (Å²) in [5, 5.41) is 19.1. The highest BCUT2D eigenvalue weighted by atomic mass is 16.3. The van der Waals surface area contributed by atoms with Crippen LogP contribution < -0.4 is 11.1 Å². The second kappa shape index (κ2) is 7.36. The summed E-state index contributed by atoms with van der Waals surface area (Å²) in [6.07, 6.45) is 1.64. The molecule has 0 spiro atoms. The van der Waals surface area contributed by atoms with Gasteiger partial charge in [-0.15, -0.1) is 10.2 Å². The largest absolute Gasteiger partial charge is 0.492 e. The SMILES string of the molecule is CC(N)C(=O)N1CCC(C(C)NC(=O)c2ccc(O)nn2)CC1. The molecule has 1 aliphatic rings. The number of nitrogens with zero attached hydrogens (tertiary/aromatic N) is 3. The van der Waals surface area contributed by atoms with Crippen LogP contribution in [0, 0.1) is 5.92 Å². The van der Waals surface area contributed by atoms with Gasteiger partial charge in [0, 0.05) is 25.2 Å². The summed E-state index contributed by atoms with van der Waals surface area (Å²) >= 11 is 0. The van der Waals surface area contributed by atoms with E-state index in [1.807, 2.05) is 6.92 Å². The highest BCUT2D eigenvalue weighted by Crippen LogP contribution is 2.21. The quantitative estimate of drug-likeness (QED) is 0.711. The maximum Gasteiger partial charge on any atom is 0.272 e. The molecule has 8 heteroatoms. The van der Waals surface area contributed by atoms with E-state index in [4.69, 9.17) is 10.8 Å². The van der Waals surface area contributed by atoms with Gasteiger partial charge < -0.3 is 21.1 Å². The fraction of sp³-hybridized carbons (Fsp3) is 0.600. The van der Waals surface area contributed by atoms with E-state index in [9.17, 15) is 9.59 Å². The van der Waals surface area contributed by atoms with Crippen LogP contribution in [0.4, 0.5) is 0 Å². The van der Waals surface area contributed by atoms with Crippen LogP contribution in [0.2, 0.25) is 0 Å². The Kier molecular flexibility index (Phi) is 5.49. The van der Waals surface area contributed by atoms with Crippen LogP contribution in [0.25, 0.3) is 0 Å². The van der Waals surface area contributed by atoms with Gasteiger partial charge in [0.1, 0.15) is 0 Å². The number of rotatable bonds is 4. The first-order valence-electron chi connectivity index (χ1n) is 7.76. The molecular weight excluding hydrogens is 298 g/mol. The summed E-state index contributed by atoms with van der Waals surface area (Å²) in [7, 11) is 0. The lowest BCUT2D eigenvalue weighted by molar-refractivity contribution is -0.133. The van der Waals surface area contributed by atoms with Gasteiger partial charge in [0.15, 0.2) is 5.69 Å². The minimum atomic E-state index is -0.475. The molecule has 0 saturated carbocycles. The molecule has 23 heavy (non-hydrogen) atoms. The van der Waals surface area contributed by atoms with E-state index < -0.39 is 6.04 Å². The average Bonchev–Trinajstić information content (AvgIpc) is 2.54. The van der Waals surface area contributed by atoms with Crippen molar-refractivity contribution in [1.29, 1.82) is 0 Å². The fourth-order valence-corrected chi connectivity index (χ4v) is 2.75. The summed E-state index contributed by atoms with van der Waals surface area (Å²) in [6.45, 7) is 4.95. The number of likely N-dealkylation sites (tertiary alicyclic amines) is 1. The lowest BCUT2D eigenvalue weighted by Crippen LogP contribution is -2.49. The number of piperidine rings is 1. The summed E-state index contributed by atoms with van der Waals surface area (Å²) in [6, 6.07) is 2.24. The zero-order valence-corrected chi connectivity index (χ0v) is 13.4. The van der Waals surface area contributed by atoms with Gasteiger partial charge in [0.2, 0.25) is 11.8 Å². The number of hydrogen-bond acceptors (Lipinski definition) is 6. The first kappa shape index (κ1) is 17.1. The van der Waals surface area contributed by atoms with Gasteiger partial charge in [-0.25, -0.2) is 0 Å². The number of amides is 2. The molecule has 1 aromatic rings. The predicted molar refractivity (Wildman–Crippen MR) is 83.6 cm³/mol. The molecule has 1 saturated heterocycles. The topological polar surface area (TPSA) is 121 Å². The van der Waals surface area contributed by atoms with Gasteiger partial charge in [0.05, 0.1) is 6.04 Å². The molecular formula is C15H23N5O3. The van der Waals surface area contributed by atoms with E-state index in [-0.39, 0.29) is 29.4 Å². The lowest BCUT2D eigenvalue weighted by atomic mass is 9.90. The summed E-state index contributed by atoms with van der Waals surface area (Å²) in [5.41, 5.74) is 5.79. The molecule has 8 nitrogen and oxygen atoms in total. The molecule has 1 aliphatic heterocycles. The number of carbonyl (C=O) groups is 2. The third-order valence-corrected chi connectivity index (χ3v) is 4.19. The van der Waals surface area contributed by atoms with Crippen molar-refractivity contribution in [3.8, 4) is 5.88 Å². The van der Waals surface area contributed by atoms with Crippen LogP contribution >= 0.6 is 0 Å². The standard InChI is InChI=1S/C15H23N5O3/c1-9(16)15(23)20-7-5-11(6-8-20)10(2)17-14(22)12-3-4-13(21)19-18-12/h3-4,9-11H,5-8,16H2,1-2H3,(H,17,22)(H,19,21). The smallest absolute Gasteiger partial charge is 0.272 e. The van der Waals surface area contributed by atoms with E-state index in [1.165, 1.54) is 12.1 Å². The molecule has 4 N–H and O–H groups in total. The number of nitrogens with one attached hydrogen (secondary N) is 1. The summed E-state index contributed by atoms with van der Waals surface area (Å²) in [4.78, 5) is 25.7. The summed E-state index contributed by atoms with van der Waals surface area (Å²) < 4.78 is 0. The number of aromatic nitrogens is 2. The van der Waals surface area contributed by atoms with Gasteiger partial charge in [-0.3, -0.25) is 9.59 Å². The molecule has 0 aromatic carbocycles. The third kappa shape index (κ3) is 4.38. The fourth-order valence-electron chi connectivity index (χ4n) is 2.75. The molecule has 1 fully saturated rings. The molecule has 2 amide bonds. The normalized spacial score (nSPS) is 18.3. The van der Waals surface area contributed by atoms with Crippen molar-refractivity contribution < 1.29 is 14.7 Å². The third-order valence-electron chi connectivity index (χ3n) is 4.19. The van der Waals surface area contributed by atoms with E-state index in [0.717, 1.165) is 12.8 Å². The second-order valence-electron chi connectivity index (χ2n) is 5.99. The minimum absolute atomic E-state index is 0.0282. The number of carbonyl (C=O) groups excluding carboxylic acids is 2. The van der Waals surface area contributed by atoms with Crippen molar-refractivity contribution >= 4 is 11.8 Å². The van der Waals surface area contributed by atoms with Gasteiger partial charge >= 0.3 is 0 Å². The Morgan fingerprint density at radius 3 is 2.48 bits per heavy atom. The minimum Gasteiger partial charge on any atom is -0.492 e. The van der Waals surface area contributed by atoms with Crippen LogP contribution in [0.3, 0.4) is 0 Å². The van der Waals surface area contributed by atoms with E-state index in [0.29, 0.717) is 19.0 Å². The first-order valence-corrected chi connectivity index (χ1v) is 7.76. The van der Waals surface area contributed by atoms with Gasteiger partial charge in [-0.1, -0.05) is 0 Å². The van der Waals surface area contributed by atoms with Gasteiger partial charge in [0.25, 0.3) is 5.91 Å². The Labute approximate surface area is 135 Å². The Hall–Kier alpha value is -2.22. The Balaban J connectivity index is 1.85. The molecule has 0 aliphatic carbocycles. The highest BCUT2D eigenvalue weighted by Gasteiger charge is 2.28. The van der Waals surface area contributed by atoms with Crippen molar-refractivity contribution in [3.05, 3.63) is 17.8 Å². The molecule has 1 aromatic heterocycles. The maximum atomic E-state index is 12.1. The molecule has 0 bridgehead atoms. The number of nitrogens with two attached hydrogens (primary N) is 1. The monoisotopic (exact) mass is 321 g/mol. The van der Waals surface area contributed by atoms with Crippen molar-refractivity contribution in [3.63, 3.8) is 0 Å². The zero-order valence-electron chi connectivity index (χ0n) is 13.4. The number of hydrogen-bond donors (Lipinski definition) is 3. The average molecular weight is 321 g/mol. The molecule has 2 heterocycles. The van der Waals surface area contributed by atoms with Crippen LogP contribution in [0.1, 0.15) is 37.2 Å². The van der Waals surface area contributed by atoms with Crippen LogP contribution in [-0.2, 0) is 4.79 Å². The molecule has 2 rings (SSSR count). The zero-order chi connectivity index (χ0) is 17.0. The van der Waals surface area contributed by atoms with Crippen LogP contribution in [0.15, 0.2) is 12.1 Å². The number of aromatic hydroxyl groups is 1. The second-order valence-corrected chi connectivity index (χ2v) is 5.99. The van der Waals surface area contributed by atoms with Crippen molar-refractivity contribution in [2.24, 2.45) is 11.7 Å². The van der Waals surface area contributed by atoms with Gasteiger partial charge in [-0.2, -0.15) is 0 Å². The lowest BCUT2D eigenvalue weighted by Gasteiger charge is -2.35. The summed E-state index contributed by atoms with van der Waals surface area (Å²) in [5.74, 6) is -0.277. The Morgan fingerprint density at radius 2 is 1.96 bits per heavy atom. The van der Waals surface area contributed by atoms with E-state index >= 15 is 0 Å². The highest BCUT2D eigenvalue weighted by molar-refractivity contribution is 5.92.